The third-order valence-electron chi connectivity index (χ3n) is 2.51. The number of nitrogens with one attached hydrogen (secondary N) is 1. The first kappa shape index (κ1) is 15.0. The topological polar surface area (TPSA) is 59.1 Å². The van der Waals surface area contributed by atoms with Crippen molar-refractivity contribution in [1.82, 2.24) is 9.71 Å². The molecule has 1 aromatic heterocycles. The second-order valence-electron chi connectivity index (χ2n) is 4.78. The molecule has 0 spiro atoms. The molecule has 102 valence electrons. The summed E-state index contributed by atoms with van der Waals surface area (Å²) < 4.78 is 39.6. The number of nitrogens with zero attached hydrogens (tertiary/aromatic N) is 1. The molecule has 0 radical (unpaired) electrons. The number of pyridine rings is 1. The lowest BCUT2D eigenvalue weighted by molar-refractivity contribution is 0.480. The summed E-state index contributed by atoms with van der Waals surface area (Å²) >= 11 is 0. The molecule has 0 aliphatic heterocycles. The fourth-order valence-corrected chi connectivity index (χ4v) is 2.82. The van der Waals surface area contributed by atoms with E-state index >= 15 is 0 Å². The van der Waals surface area contributed by atoms with Crippen LogP contribution in [-0.4, -0.2) is 19.4 Å². The molecule has 1 heterocycles. The smallest absolute Gasteiger partial charge is 0.241 e. The lowest BCUT2D eigenvalue weighted by Gasteiger charge is -2.15. The van der Waals surface area contributed by atoms with Crippen molar-refractivity contribution < 1.29 is 12.8 Å². The highest BCUT2D eigenvalue weighted by atomic mass is 32.2. The van der Waals surface area contributed by atoms with Crippen molar-refractivity contribution >= 4 is 10.0 Å². The summed E-state index contributed by atoms with van der Waals surface area (Å²) in [4.78, 5) is 3.57. The lowest BCUT2D eigenvalue weighted by atomic mass is 10.1. The summed E-state index contributed by atoms with van der Waals surface area (Å²) in [6, 6.07) is 2.20. The van der Waals surface area contributed by atoms with E-state index in [9.17, 15) is 12.8 Å². The largest absolute Gasteiger partial charge is 0.261 e. The van der Waals surface area contributed by atoms with Crippen molar-refractivity contribution in [3.05, 3.63) is 24.1 Å². The number of halogens is 1. The van der Waals surface area contributed by atoms with Gasteiger partial charge in [-0.25, -0.2) is 22.5 Å². The van der Waals surface area contributed by atoms with Gasteiger partial charge < -0.3 is 0 Å². The van der Waals surface area contributed by atoms with Crippen molar-refractivity contribution in [2.45, 2.75) is 44.7 Å². The average molecular weight is 274 g/mol. The third kappa shape index (κ3) is 4.34. The predicted molar refractivity (Wildman–Crippen MR) is 68.1 cm³/mol. The van der Waals surface area contributed by atoms with Gasteiger partial charge in [0.1, 0.15) is 0 Å². The minimum absolute atomic E-state index is 0.237. The van der Waals surface area contributed by atoms with Gasteiger partial charge in [-0.2, -0.15) is 0 Å². The van der Waals surface area contributed by atoms with Gasteiger partial charge in [0.05, 0.1) is 0 Å². The fraction of sp³-hybridized carbons (Fsp3) is 0.583. The van der Waals surface area contributed by atoms with E-state index in [1.807, 2.05) is 0 Å². The summed E-state index contributed by atoms with van der Waals surface area (Å²) in [5.41, 5.74) is 0. The van der Waals surface area contributed by atoms with Crippen LogP contribution < -0.4 is 4.72 Å². The molecule has 1 N–H and O–H groups in total. The molecule has 0 aromatic carbocycles. The molecule has 0 amide bonds. The van der Waals surface area contributed by atoms with Gasteiger partial charge in [0.25, 0.3) is 10.0 Å². The van der Waals surface area contributed by atoms with Crippen molar-refractivity contribution in [2.75, 3.05) is 0 Å². The lowest BCUT2D eigenvalue weighted by Crippen LogP contribution is -2.33. The van der Waals surface area contributed by atoms with E-state index in [0.29, 0.717) is 12.3 Å². The zero-order valence-electron chi connectivity index (χ0n) is 10.9. The summed E-state index contributed by atoms with van der Waals surface area (Å²) in [6.07, 6.45) is 2.89. The Labute approximate surface area is 108 Å². The maximum Gasteiger partial charge on any atom is 0.261 e. The van der Waals surface area contributed by atoms with Crippen LogP contribution in [0, 0.1) is 11.7 Å². The molecule has 1 atom stereocenters. The van der Waals surface area contributed by atoms with E-state index in [1.165, 1.54) is 12.3 Å². The van der Waals surface area contributed by atoms with Crippen LogP contribution in [0.3, 0.4) is 0 Å². The zero-order valence-corrected chi connectivity index (χ0v) is 11.7. The van der Waals surface area contributed by atoms with Crippen LogP contribution in [0.2, 0.25) is 0 Å². The number of hydrogen-bond acceptors (Lipinski definition) is 3. The van der Waals surface area contributed by atoms with E-state index in [4.69, 9.17) is 0 Å². The van der Waals surface area contributed by atoms with Crippen molar-refractivity contribution in [3.8, 4) is 0 Å². The average Bonchev–Trinajstić information content (AvgIpc) is 2.26. The van der Waals surface area contributed by atoms with Crippen LogP contribution in [0.1, 0.15) is 33.6 Å². The SMILES string of the molecule is CC(C)CCC(C)NS(=O)(=O)c1ncccc1F. The van der Waals surface area contributed by atoms with Crippen LogP contribution in [0.15, 0.2) is 23.4 Å². The molecule has 1 rings (SSSR count). The molecular formula is C12H19FN2O2S. The van der Waals surface area contributed by atoms with Crippen molar-refractivity contribution in [3.63, 3.8) is 0 Å². The van der Waals surface area contributed by atoms with Crippen LogP contribution in [0.5, 0.6) is 0 Å². The molecule has 0 saturated heterocycles. The Morgan fingerprint density at radius 2 is 2.00 bits per heavy atom. The molecule has 0 fully saturated rings. The van der Waals surface area contributed by atoms with Crippen molar-refractivity contribution in [1.29, 1.82) is 0 Å². The molecule has 1 aromatic rings. The Morgan fingerprint density at radius 3 is 2.56 bits per heavy atom. The number of sulfonamides is 1. The Morgan fingerprint density at radius 1 is 1.33 bits per heavy atom. The summed E-state index contributed by atoms with van der Waals surface area (Å²) in [5, 5.41) is -0.540. The standard InChI is InChI=1S/C12H19FN2O2S/c1-9(2)6-7-10(3)15-18(16,17)12-11(13)5-4-8-14-12/h4-5,8-10,15H,6-7H2,1-3H3. The molecule has 4 nitrogen and oxygen atoms in total. The quantitative estimate of drug-likeness (QED) is 0.866. The van der Waals surface area contributed by atoms with Gasteiger partial charge in [-0.3, -0.25) is 0 Å². The molecule has 1 unspecified atom stereocenters. The van der Waals surface area contributed by atoms with Gasteiger partial charge in [0.2, 0.25) is 5.03 Å². The zero-order chi connectivity index (χ0) is 13.8. The van der Waals surface area contributed by atoms with E-state index in [2.05, 4.69) is 23.6 Å². The molecule has 0 aliphatic carbocycles. The highest BCUT2D eigenvalue weighted by Crippen LogP contribution is 2.12. The van der Waals surface area contributed by atoms with Crippen LogP contribution in [0.25, 0.3) is 0 Å². The van der Waals surface area contributed by atoms with Crippen LogP contribution in [0.4, 0.5) is 4.39 Å². The monoisotopic (exact) mass is 274 g/mol. The fourth-order valence-electron chi connectivity index (χ4n) is 1.53. The first-order valence-electron chi connectivity index (χ1n) is 5.95. The number of hydrogen-bond donors (Lipinski definition) is 1. The second kappa shape index (κ2) is 6.24. The van der Waals surface area contributed by atoms with Gasteiger partial charge in [0.15, 0.2) is 5.82 Å². The third-order valence-corrected chi connectivity index (χ3v) is 4.03. The Hall–Kier alpha value is -1.01. The van der Waals surface area contributed by atoms with Gasteiger partial charge >= 0.3 is 0 Å². The summed E-state index contributed by atoms with van der Waals surface area (Å²) in [7, 11) is -3.87. The van der Waals surface area contributed by atoms with E-state index in [0.717, 1.165) is 12.5 Å². The Bertz CT molecular complexity index is 489. The molecule has 0 aliphatic rings. The predicted octanol–water partition coefficient (Wildman–Crippen LogP) is 2.32. The number of aromatic nitrogens is 1. The van der Waals surface area contributed by atoms with Gasteiger partial charge in [-0.15, -0.1) is 0 Å². The Balaban J connectivity index is 2.74. The van der Waals surface area contributed by atoms with Crippen LogP contribution >= 0.6 is 0 Å². The maximum atomic E-state index is 13.4. The van der Waals surface area contributed by atoms with E-state index in [-0.39, 0.29) is 6.04 Å². The van der Waals surface area contributed by atoms with Gasteiger partial charge in [0, 0.05) is 12.2 Å². The van der Waals surface area contributed by atoms with Crippen molar-refractivity contribution in [2.24, 2.45) is 5.92 Å². The van der Waals surface area contributed by atoms with E-state index in [1.54, 1.807) is 6.92 Å². The molecule has 0 saturated carbocycles. The first-order chi connectivity index (χ1) is 8.33. The minimum Gasteiger partial charge on any atom is -0.241 e. The normalized spacial score (nSPS) is 13.8. The van der Waals surface area contributed by atoms with Gasteiger partial charge in [-0.1, -0.05) is 13.8 Å². The highest BCUT2D eigenvalue weighted by Gasteiger charge is 2.22. The molecule has 18 heavy (non-hydrogen) atoms. The molecule has 0 bridgehead atoms. The highest BCUT2D eigenvalue weighted by molar-refractivity contribution is 7.89. The Kier molecular flexibility index (Phi) is 5.22. The maximum absolute atomic E-state index is 13.4. The first-order valence-corrected chi connectivity index (χ1v) is 7.44. The molecular weight excluding hydrogens is 255 g/mol. The summed E-state index contributed by atoms with van der Waals surface area (Å²) in [5.74, 6) is -0.329. The van der Waals surface area contributed by atoms with Gasteiger partial charge in [-0.05, 0) is 37.8 Å². The minimum atomic E-state index is -3.87. The summed E-state index contributed by atoms with van der Waals surface area (Å²) in [6.45, 7) is 5.90. The molecule has 6 heteroatoms. The van der Waals surface area contributed by atoms with E-state index < -0.39 is 20.9 Å². The van der Waals surface area contributed by atoms with Crippen LogP contribution in [-0.2, 0) is 10.0 Å². The number of rotatable bonds is 6. The second-order valence-corrected chi connectivity index (χ2v) is 6.41.